The number of rotatable bonds is 5. The summed E-state index contributed by atoms with van der Waals surface area (Å²) in [5.41, 5.74) is 6.33. The quantitative estimate of drug-likeness (QED) is 0.866. The summed E-state index contributed by atoms with van der Waals surface area (Å²) in [7, 11) is 0. The Hall–Kier alpha value is -0.770. The first-order chi connectivity index (χ1) is 8.06. The van der Waals surface area contributed by atoms with Gasteiger partial charge in [-0.25, -0.2) is 0 Å². The number of carbonyl (C=O) groups is 1. The van der Waals surface area contributed by atoms with E-state index >= 15 is 0 Å². The predicted octanol–water partition coefficient (Wildman–Crippen LogP) is 2.25. The van der Waals surface area contributed by atoms with E-state index in [1.165, 1.54) is 0 Å². The zero-order valence-corrected chi connectivity index (χ0v) is 11.2. The molecule has 3 nitrogen and oxygen atoms in total. The highest BCUT2D eigenvalue weighted by molar-refractivity contribution is 6.42. The lowest BCUT2D eigenvalue weighted by atomic mass is 10.1. The number of hydrogen-bond donors (Lipinski definition) is 2. The summed E-state index contributed by atoms with van der Waals surface area (Å²) >= 11 is 11.9. The van der Waals surface area contributed by atoms with E-state index in [9.17, 15) is 4.79 Å². The molecule has 1 atom stereocenters. The maximum atomic E-state index is 11.5. The number of amides is 1. The third-order valence-corrected chi connectivity index (χ3v) is 3.38. The molecule has 1 amide bonds. The third-order valence-electron chi connectivity index (χ3n) is 2.53. The molecule has 0 saturated carbocycles. The Morgan fingerprint density at radius 3 is 2.82 bits per heavy atom. The van der Waals surface area contributed by atoms with Crippen LogP contribution in [0.5, 0.6) is 0 Å². The molecule has 0 aliphatic heterocycles. The molecule has 0 aliphatic rings. The summed E-state index contributed by atoms with van der Waals surface area (Å²) in [5.74, 6) is -0.199. The first-order valence-electron chi connectivity index (χ1n) is 5.47. The smallest absolute Gasteiger partial charge is 0.224 e. The van der Waals surface area contributed by atoms with Gasteiger partial charge in [0.2, 0.25) is 5.91 Å². The normalized spacial score (nSPS) is 12.2. The van der Waals surface area contributed by atoms with Crippen LogP contribution in [0.1, 0.15) is 12.5 Å². The fraction of sp³-hybridized carbons (Fsp3) is 0.417. The Labute approximate surface area is 111 Å². The summed E-state index contributed by atoms with van der Waals surface area (Å²) in [6.45, 7) is 2.68. The van der Waals surface area contributed by atoms with Crippen LogP contribution in [0.2, 0.25) is 10.0 Å². The molecular formula is C12H16Cl2N2O. The summed E-state index contributed by atoms with van der Waals surface area (Å²) in [4.78, 5) is 11.5. The number of halogens is 2. The highest BCUT2D eigenvalue weighted by atomic mass is 35.5. The van der Waals surface area contributed by atoms with E-state index in [0.29, 0.717) is 29.6 Å². The van der Waals surface area contributed by atoms with Crippen LogP contribution in [0.3, 0.4) is 0 Å². The largest absolute Gasteiger partial charge is 0.355 e. The van der Waals surface area contributed by atoms with Gasteiger partial charge in [0.05, 0.1) is 10.0 Å². The lowest BCUT2D eigenvalue weighted by Gasteiger charge is -2.10. The molecule has 0 heterocycles. The molecule has 0 bridgehead atoms. The van der Waals surface area contributed by atoms with Crippen LogP contribution in [-0.4, -0.2) is 19.0 Å². The molecule has 5 heteroatoms. The van der Waals surface area contributed by atoms with Crippen LogP contribution in [0, 0.1) is 5.92 Å². The van der Waals surface area contributed by atoms with E-state index in [4.69, 9.17) is 28.9 Å². The van der Waals surface area contributed by atoms with Gasteiger partial charge in [0, 0.05) is 19.0 Å². The van der Waals surface area contributed by atoms with Gasteiger partial charge in [-0.3, -0.25) is 4.79 Å². The first kappa shape index (κ1) is 14.3. The second-order valence-electron chi connectivity index (χ2n) is 3.89. The van der Waals surface area contributed by atoms with Gasteiger partial charge in [-0.1, -0.05) is 42.3 Å². The molecular weight excluding hydrogens is 259 g/mol. The highest BCUT2D eigenvalue weighted by Crippen LogP contribution is 2.25. The van der Waals surface area contributed by atoms with Crippen molar-refractivity contribution in [3.05, 3.63) is 33.8 Å². The molecule has 0 fully saturated rings. The number of carbonyl (C=O) groups excluding carboxylic acids is 1. The number of nitrogens with one attached hydrogen (secondary N) is 1. The fourth-order valence-corrected chi connectivity index (χ4v) is 1.76. The van der Waals surface area contributed by atoms with E-state index in [0.717, 1.165) is 5.56 Å². The van der Waals surface area contributed by atoms with Crippen molar-refractivity contribution in [3.63, 3.8) is 0 Å². The lowest BCUT2D eigenvalue weighted by molar-refractivity contribution is -0.124. The minimum atomic E-state index is -0.162. The van der Waals surface area contributed by atoms with Crippen LogP contribution >= 0.6 is 23.2 Å². The Kier molecular flexibility index (Phi) is 5.75. The number of nitrogens with two attached hydrogens (primary N) is 1. The minimum Gasteiger partial charge on any atom is -0.355 e. The van der Waals surface area contributed by atoms with E-state index < -0.39 is 0 Å². The van der Waals surface area contributed by atoms with Gasteiger partial charge in [0.1, 0.15) is 0 Å². The van der Waals surface area contributed by atoms with Crippen molar-refractivity contribution in [1.82, 2.24) is 5.32 Å². The minimum absolute atomic E-state index is 0.0364. The topological polar surface area (TPSA) is 55.1 Å². The van der Waals surface area contributed by atoms with Gasteiger partial charge in [-0.15, -0.1) is 0 Å². The molecule has 0 spiro atoms. The first-order valence-corrected chi connectivity index (χ1v) is 6.22. The molecule has 0 aliphatic carbocycles. The maximum absolute atomic E-state index is 11.5. The summed E-state index contributed by atoms with van der Waals surface area (Å²) in [6, 6.07) is 5.48. The van der Waals surface area contributed by atoms with Crippen molar-refractivity contribution in [2.45, 2.75) is 13.3 Å². The van der Waals surface area contributed by atoms with Crippen molar-refractivity contribution >= 4 is 29.1 Å². The van der Waals surface area contributed by atoms with Gasteiger partial charge in [-0.05, 0) is 18.1 Å². The van der Waals surface area contributed by atoms with Crippen LogP contribution in [0.25, 0.3) is 0 Å². The zero-order valence-electron chi connectivity index (χ0n) is 9.67. The lowest BCUT2D eigenvalue weighted by Crippen LogP contribution is -2.34. The second-order valence-corrected chi connectivity index (χ2v) is 4.68. The van der Waals surface area contributed by atoms with Crippen LogP contribution in [0.4, 0.5) is 0 Å². The summed E-state index contributed by atoms with van der Waals surface area (Å²) in [6.07, 6.45) is 0.655. The monoisotopic (exact) mass is 274 g/mol. The fourth-order valence-electron chi connectivity index (χ4n) is 1.34. The Bertz CT molecular complexity index is 396. The van der Waals surface area contributed by atoms with Crippen molar-refractivity contribution in [2.75, 3.05) is 13.1 Å². The molecule has 1 unspecified atom stereocenters. The van der Waals surface area contributed by atoms with Crippen LogP contribution in [-0.2, 0) is 11.2 Å². The molecule has 3 N–H and O–H groups in total. The van der Waals surface area contributed by atoms with Gasteiger partial charge >= 0.3 is 0 Å². The second kappa shape index (κ2) is 6.84. The molecule has 1 aromatic carbocycles. The SMILES string of the molecule is CC(CN)C(=O)NCCc1cccc(Cl)c1Cl. The molecule has 0 radical (unpaired) electrons. The summed E-state index contributed by atoms with van der Waals surface area (Å²) in [5, 5.41) is 3.89. The Balaban J connectivity index is 2.46. The predicted molar refractivity (Wildman–Crippen MR) is 71.4 cm³/mol. The number of benzene rings is 1. The van der Waals surface area contributed by atoms with E-state index in [-0.39, 0.29) is 11.8 Å². The maximum Gasteiger partial charge on any atom is 0.224 e. The Morgan fingerprint density at radius 2 is 2.18 bits per heavy atom. The van der Waals surface area contributed by atoms with Gasteiger partial charge in [0.15, 0.2) is 0 Å². The van der Waals surface area contributed by atoms with Gasteiger partial charge < -0.3 is 11.1 Å². The van der Waals surface area contributed by atoms with E-state index in [2.05, 4.69) is 5.32 Å². The Morgan fingerprint density at radius 1 is 1.47 bits per heavy atom. The molecule has 1 aromatic rings. The van der Waals surface area contributed by atoms with Crippen molar-refractivity contribution in [2.24, 2.45) is 11.7 Å². The summed E-state index contributed by atoms with van der Waals surface area (Å²) < 4.78 is 0. The van der Waals surface area contributed by atoms with Crippen molar-refractivity contribution in [3.8, 4) is 0 Å². The van der Waals surface area contributed by atoms with Crippen molar-refractivity contribution in [1.29, 1.82) is 0 Å². The van der Waals surface area contributed by atoms with Crippen LogP contribution < -0.4 is 11.1 Å². The van der Waals surface area contributed by atoms with E-state index in [1.54, 1.807) is 13.0 Å². The van der Waals surface area contributed by atoms with Gasteiger partial charge in [-0.2, -0.15) is 0 Å². The molecule has 0 aromatic heterocycles. The van der Waals surface area contributed by atoms with Crippen molar-refractivity contribution < 1.29 is 4.79 Å². The van der Waals surface area contributed by atoms with E-state index in [1.807, 2.05) is 12.1 Å². The highest BCUT2D eigenvalue weighted by Gasteiger charge is 2.10. The molecule has 0 saturated heterocycles. The molecule has 1 rings (SSSR count). The van der Waals surface area contributed by atoms with Gasteiger partial charge in [0.25, 0.3) is 0 Å². The standard InChI is InChI=1S/C12H16Cl2N2O/c1-8(7-15)12(17)16-6-5-9-3-2-4-10(13)11(9)14/h2-4,8H,5-7,15H2,1H3,(H,16,17). The average Bonchev–Trinajstić information content (AvgIpc) is 2.33. The molecule has 17 heavy (non-hydrogen) atoms. The molecule has 94 valence electrons. The van der Waals surface area contributed by atoms with Crippen LogP contribution in [0.15, 0.2) is 18.2 Å². The average molecular weight is 275 g/mol. The zero-order chi connectivity index (χ0) is 12.8. The third kappa shape index (κ3) is 4.19. The number of hydrogen-bond acceptors (Lipinski definition) is 2.